The van der Waals surface area contributed by atoms with Gasteiger partial charge in [0.05, 0.1) is 39.1 Å². The standard InChI is InChI=1S/C18H22N4O3.C13H14N4O.C11H9ClN2.C11H11N3O.C10H10N2.C9H8N2O.C9H17NO2.C8H5F6NO4S2.C8H9NO2.C2HF3O2.CH3NO/c1-11(9-20-17(24)25-18(2,3)4)12-7-6-8-13-14(12)21-10-22-15(13)16(23)19-5;1-8(6-14)9-4-3-5-10-11(9)16-7-17-12(10)13(18)15-2;1-8-2-4-9(5-3-8)10-6-11(12)14-7-13-10;1-7-4-3-5-8-9(7)13-6-14-10(8)11(15)12-2;1-7-4-3-5-9-8(2)11-6-12-10(7)9;1-6-7-3-2-4-8(12)9(7)11-5-10-6;1-7(2)6-10-8(11)12-9(3,4)5;9-7(10,11)20(16,17)15(6-4-2-1-3-5-6)21(18,19)8(12,13)14;1-5(10)6-3-2-4-7(11)8(6)9;3-2(4,5)1(6)7;2-1-3/h6-8,10H,1,9H2,2-5H3,(H,19,23)(H,20,24);3-5,7H,1,6,14H2,2H3,(H,15,18);2-7H,1H3;3-6H,1-2H3,(H,12,15);3-6H,1-2H3;2-5,12H,1H3;1,6H2,2-5H3,(H,10,11);1-5H;2-4,11H,9H2,1H3;(H,6,7);1H,(H2,2,3)/p-1. The molecule has 0 unspecified atom stereocenters. The average Bonchev–Trinajstić information content (AvgIpc) is 0.736. The highest BCUT2D eigenvalue weighted by atomic mass is 35.5. The lowest BCUT2D eigenvalue weighted by atomic mass is 10.0. The number of aliphatic carboxylic acids is 1. The number of carboxylic acid groups (broad SMARTS) is 1. The first-order valence-electron chi connectivity index (χ1n) is 43.6. The average molecular weight is 2150 g/mol. The van der Waals surface area contributed by atoms with Gasteiger partial charge >= 0.3 is 49.4 Å². The van der Waals surface area contributed by atoms with Crippen molar-refractivity contribution in [1.29, 1.82) is 0 Å². The quantitative estimate of drug-likeness (QED) is 0.00866. The van der Waals surface area contributed by atoms with Crippen LogP contribution in [-0.2, 0) is 39.1 Å². The molecule has 6 aromatic heterocycles. The van der Waals surface area contributed by atoms with Crippen molar-refractivity contribution >= 4 is 157 Å². The number of hydrogen-bond donors (Lipinski definition) is 10. The first-order valence-corrected chi connectivity index (χ1v) is 46.9. The molecule has 8 aromatic carbocycles. The lowest BCUT2D eigenvalue weighted by Gasteiger charge is -2.25. The Hall–Kier alpha value is -17.0. The van der Waals surface area contributed by atoms with E-state index in [-0.39, 0.29) is 53.6 Å². The fourth-order valence-corrected chi connectivity index (χ4v) is 14.8. The number of phenols is 2. The molecule has 0 bridgehead atoms. The number of halogens is 10. The molecular formula is C100H108ClF9N21O17S2-. The van der Waals surface area contributed by atoms with Crippen molar-refractivity contribution < 1.29 is 119 Å². The number of carbonyl (C=O) groups is 8. The number of carbonyl (C=O) groups excluding carboxylic acids is 8. The van der Waals surface area contributed by atoms with Crippen molar-refractivity contribution in [3.05, 3.63) is 300 Å². The predicted molar refractivity (Wildman–Crippen MR) is 549 cm³/mol. The second-order valence-corrected chi connectivity index (χ2v) is 36.8. The van der Waals surface area contributed by atoms with Crippen molar-refractivity contribution in [3.63, 3.8) is 0 Å². The zero-order valence-corrected chi connectivity index (χ0v) is 86.0. The third-order valence-electron chi connectivity index (χ3n) is 18.9. The van der Waals surface area contributed by atoms with Crippen molar-refractivity contribution in [2.24, 2.45) is 11.5 Å². The van der Waals surface area contributed by atoms with Gasteiger partial charge in [0.15, 0.2) is 5.78 Å². The number of para-hydroxylation sites is 7. The summed E-state index contributed by atoms with van der Waals surface area (Å²) in [6.07, 6.45) is 2.81. The topological polar surface area (TPSA) is 583 Å². The van der Waals surface area contributed by atoms with Crippen LogP contribution in [0.1, 0.15) is 136 Å². The molecule has 150 heavy (non-hydrogen) atoms. The molecule has 0 aliphatic carbocycles. The Kier molecular flexibility index (Phi) is 47.8. The summed E-state index contributed by atoms with van der Waals surface area (Å²) >= 11 is 5.77. The van der Waals surface area contributed by atoms with E-state index in [4.69, 9.17) is 52.3 Å². The number of anilines is 2. The molecule has 14 rings (SSSR count). The summed E-state index contributed by atoms with van der Waals surface area (Å²) in [5.41, 5.74) is 17.0. The lowest BCUT2D eigenvalue weighted by molar-refractivity contribution is -0.344. The van der Waals surface area contributed by atoms with Crippen LogP contribution in [0.4, 0.5) is 60.5 Å². The molecule has 0 saturated carbocycles. The molecule has 13 N–H and O–H groups in total. The van der Waals surface area contributed by atoms with Crippen LogP contribution in [-0.4, -0.2) is 204 Å². The smallest absolute Gasteiger partial charge is 0.517 e. The molecule has 14 aromatic rings. The number of aromatic hydroxyl groups is 2. The van der Waals surface area contributed by atoms with Gasteiger partial charge in [0.2, 0.25) is 6.41 Å². The van der Waals surface area contributed by atoms with E-state index < -0.39 is 76.0 Å². The van der Waals surface area contributed by atoms with Crippen molar-refractivity contribution in [1.82, 2.24) is 86.4 Å². The number of alkyl halides is 9. The monoisotopic (exact) mass is 2140 g/mol. The van der Waals surface area contributed by atoms with E-state index >= 15 is 0 Å². The number of nitrogens with zero attached hydrogens (tertiary/aromatic N) is 13. The Morgan fingerprint density at radius 1 is 0.460 bits per heavy atom. The molecule has 0 spiro atoms. The van der Waals surface area contributed by atoms with Crippen LogP contribution in [0, 0.1) is 34.6 Å². The normalized spacial score (nSPS) is 10.8. The maximum Gasteiger partial charge on any atom is 0.517 e. The number of hydrogen-bond acceptors (Lipinski definition) is 31. The minimum Gasteiger partial charge on any atom is -0.542 e. The van der Waals surface area contributed by atoms with Crippen LogP contribution in [0.15, 0.2) is 233 Å². The number of phenolic OH excluding ortho intramolecular Hbond substituents is 2. The molecule has 6 amide bonds. The van der Waals surface area contributed by atoms with E-state index in [1.807, 2.05) is 127 Å². The summed E-state index contributed by atoms with van der Waals surface area (Å²) < 4.78 is 159. The van der Waals surface area contributed by atoms with E-state index in [0.717, 1.165) is 95.9 Å². The molecular weight excluding hydrogens is 2040 g/mol. The third kappa shape index (κ3) is 38.1. The maximum atomic E-state index is 12.4. The molecule has 798 valence electrons. The number of alkyl carbamates (subject to hydrolysis) is 2. The summed E-state index contributed by atoms with van der Waals surface area (Å²) in [7, 11) is -8.91. The van der Waals surface area contributed by atoms with Crippen molar-refractivity contribution in [2.75, 3.05) is 50.2 Å². The van der Waals surface area contributed by atoms with Gasteiger partial charge in [-0.25, -0.2) is 69.4 Å². The fraction of sp³-hybridized carbons (Fsp3) is 0.240. The molecule has 0 saturated heterocycles. The molecule has 0 aliphatic rings. The number of nitrogens with one attached hydrogen (secondary N) is 5. The number of aromatic nitrogens is 12. The van der Waals surface area contributed by atoms with Crippen LogP contribution in [0.5, 0.6) is 11.5 Å². The molecule has 0 radical (unpaired) electrons. The van der Waals surface area contributed by atoms with E-state index in [9.17, 15) is 90.2 Å². The van der Waals surface area contributed by atoms with Gasteiger partial charge in [0.1, 0.15) is 94.4 Å². The molecule has 6 heterocycles. The number of nitrogen functional groups attached to an aromatic ring is 1. The van der Waals surface area contributed by atoms with Gasteiger partial charge in [0, 0.05) is 107 Å². The van der Waals surface area contributed by atoms with E-state index in [0.29, 0.717) is 85.9 Å². The van der Waals surface area contributed by atoms with Crippen LogP contribution in [0.25, 0.3) is 76.9 Å². The Bertz CT molecular complexity index is 7100. The zero-order valence-electron chi connectivity index (χ0n) is 83.6. The number of ether oxygens (including phenoxy) is 2. The van der Waals surface area contributed by atoms with Gasteiger partial charge in [-0.15, -0.1) is 3.71 Å². The number of primary amides is 1. The number of fused-ring (bicyclic) bond motifs is 5. The minimum atomic E-state index is -6.81. The van der Waals surface area contributed by atoms with Crippen LogP contribution in [0.3, 0.4) is 0 Å². The number of ketones is 1. The van der Waals surface area contributed by atoms with E-state index in [2.05, 4.69) is 138 Å². The number of benzene rings is 8. The first kappa shape index (κ1) is 125. The Morgan fingerprint density at radius 2 is 0.807 bits per heavy atom. The number of carboxylic acids is 1. The number of aryl methyl sites for hydroxylation is 5. The van der Waals surface area contributed by atoms with E-state index in [1.165, 1.54) is 55.8 Å². The van der Waals surface area contributed by atoms with Crippen LogP contribution in [0.2, 0.25) is 5.15 Å². The summed E-state index contributed by atoms with van der Waals surface area (Å²) in [4.78, 5) is 135. The number of Topliss-reactive ketones (excluding diaryl/α,β-unsaturated/α-hetero) is 1. The van der Waals surface area contributed by atoms with Crippen molar-refractivity contribution in [3.8, 4) is 22.8 Å². The largest absolute Gasteiger partial charge is 0.542 e. The Labute approximate surface area is 861 Å². The van der Waals surface area contributed by atoms with E-state index in [1.54, 1.807) is 90.7 Å². The zero-order chi connectivity index (χ0) is 113. The number of sulfonamides is 2. The van der Waals surface area contributed by atoms with Gasteiger partial charge in [-0.05, 0) is 143 Å². The summed E-state index contributed by atoms with van der Waals surface area (Å²) in [6, 6.07) is 46.5. The van der Waals surface area contributed by atoms with Gasteiger partial charge in [-0.1, -0.05) is 176 Å². The highest BCUT2D eigenvalue weighted by Crippen LogP contribution is 2.39. The second-order valence-electron chi connectivity index (χ2n) is 32.7. The van der Waals surface area contributed by atoms with Crippen LogP contribution >= 0.6 is 11.6 Å². The predicted octanol–water partition coefficient (Wildman–Crippen LogP) is 15.6. The summed E-state index contributed by atoms with van der Waals surface area (Å²) in [6.45, 7) is 36.7. The SMILES string of the molecule is C=C(C)CNC(=O)OC(C)(C)C.C=C(CN)c1cccc2c(C(=O)NC)ncnc12.C=C(CNC(=O)OC(C)(C)C)c1cccc2c(C(=O)NC)ncnc12.CC(=O)c1cccc(O)c1N.CNC(=O)c1ncnc2c(C)cccc12.Cc1ccc(-c2cc(Cl)ncn2)cc1.Cc1ncnc2c(C)cccc12.Cc1ncnc2c(O)cccc12.NC=O.O=C([O-])C(F)(F)F.O=S(=O)(N(c1ccccc1)S(=O)(=O)C(F)(F)F)C(F)(F)F. The summed E-state index contributed by atoms with van der Waals surface area (Å²) in [5.74, 6) is -3.70. The second kappa shape index (κ2) is 57.2. The first-order chi connectivity index (χ1) is 70.0. The Morgan fingerprint density at radius 3 is 1.18 bits per heavy atom. The molecule has 0 atom stereocenters. The molecule has 38 nitrogen and oxygen atoms in total. The van der Waals surface area contributed by atoms with Gasteiger partial charge in [-0.3, -0.25) is 24.0 Å². The third-order valence-corrected chi connectivity index (χ3v) is 22.7. The highest BCUT2D eigenvalue weighted by molar-refractivity contribution is 8.11. The number of amides is 6. The number of rotatable bonds is 15. The fourth-order valence-electron chi connectivity index (χ4n) is 11.9. The molecule has 0 fully saturated rings. The van der Waals surface area contributed by atoms with Crippen LogP contribution < -0.4 is 52.6 Å². The highest BCUT2D eigenvalue weighted by Gasteiger charge is 2.62. The Balaban J connectivity index is 0.000000351. The van der Waals surface area contributed by atoms with Gasteiger partial charge in [-0.2, -0.15) is 56.3 Å². The number of nitrogens with two attached hydrogens (primary N) is 3. The molecule has 0 aliphatic heterocycles. The van der Waals surface area contributed by atoms with Crippen molar-refractivity contribution in [2.45, 2.75) is 118 Å². The van der Waals surface area contributed by atoms with Gasteiger partial charge < -0.3 is 73.4 Å². The lowest BCUT2D eigenvalue weighted by Crippen LogP contribution is -2.49. The summed E-state index contributed by atoms with van der Waals surface area (Å²) in [5, 5.41) is 44.8. The van der Waals surface area contributed by atoms with Gasteiger partial charge in [0.25, 0.3) is 17.7 Å². The maximum absolute atomic E-state index is 12.4. The minimum absolute atomic E-state index is 0.0438. The molecule has 50 heteroatoms.